The Kier molecular flexibility index (Phi) is 5.65. The van der Waals surface area contributed by atoms with E-state index in [1.807, 2.05) is 133 Å². The SMILES string of the molecule is O=C(c1c(Oc2ccccc2)ccc2ccccc12)c1c(Oc2ccccc2)ccc2ccccc12. The Bertz CT molecular complexity index is 1560. The summed E-state index contributed by atoms with van der Waals surface area (Å²) < 4.78 is 12.5. The second-order valence-electron chi connectivity index (χ2n) is 8.48. The van der Waals surface area contributed by atoms with Gasteiger partial charge in [0.15, 0.2) is 0 Å². The van der Waals surface area contributed by atoms with Crippen LogP contribution in [0.2, 0.25) is 0 Å². The average molecular weight is 467 g/mol. The summed E-state index contributed by atoms with van der Waals surface area (Å²) in [6.45, 7) is 0. The molecule has 0 bridgehead atoms. The summed E-state index contributed by atoms with van der Waals surface area (Å²) in [5.41, 5.74) is 1.01. The van der Waals surface area contributed by atoms with Gasteiger partial charge in [-0.25, -0.2) is 0 Å². The molecule has 0 amide bonds. The Hall–Kier alpha value is -4.89. The predicted octanol–water partition coefficient (Wildman–Crippen LogP) is 8.81. The van der Waals surface area contributed by atoms with Gasteiger partial charge < -0.3 is 9.47 Å². The fraction of sp³-hybridized carbons (Fsp3) is 0. The lowest BCUT2D eigenvalue weighted by atomic mass is 9.92. The van der Waals surface area contributed by atoms with E-state index < -0.39 is 0 Å². The highest BCUT2D eigenvalue weighted by Crippen LogP contribution is 2.38. The second-order valence-corrected chi connectivity index (χ2v) is 8.48. The first kappa shape index (κ1) is 21.6. The van der Waals surface area contributed by atoms with Crippen molar-refractivity contribution in [2.75, 3.05) is 0 Å². The van der Waals surface area contributed by atoms with E-state index in [1.165, 1.54) is 0 Å². The molecular weight excluding hydrogens is 444 g/mol. The lowest BCUT2D eigenvalue weighted by Crippen LogP contribution is -2.08. The van der Waals surface area contributed by atoms with Gasteiger partial charge in [0.05, 0.1) is 11.1 Å². The number of rotatable bonds is 6. The molecule has 0 atom stereocenters. The first-order valence-electron chi connectivity index (χ1n) is 11.8. The molecule has 0 heterocycles. The van der Waals surface area contributed by atoms with E-state index >= 15 is 0 Å². The van der Waals surface area contributed by atoms with Gasteiger partial charge >= 0.3 is 0 Å². The molecule has 0 N–H and O–H groups in total. The Labute approximate surface area is 209 Å². The summed E-state index contributed by atoms with van der Waals surface area (Å²) in [6, 6.07) is 42.5. The molecule has 6 aromatic carbocycles. The van der Waals surface area contributed by atoms with Crippen molar-refractivity contribution in [1.82, 2.24) is 0 Å². The predicted molar refractivity (Wildman–Crippen MR) is 144 cm³/mol. The maximum atomic E-state index is 14.5. The van der Waals surface area contributed by atoms with Crippen molar-refractivity contribution in [1.29, 1.82) is 0 Å². The van der Waals surface area contributed by atoms with Gasteiger partial charge in [-0.2, -0.15) is 0 Å². The molecule has 3 nitrogen and oxygen atoms in total. The molecule has 0 spiro atoms. The number of ether oxygens (including phenoxy) is 2. The van der Waals surface area contributed by atoms with E-state index in [4.69, 9.17) is 9.47 Å². The van der Waals surface area contributed by atoms with Crippen molar-refractivity contribution in [3.05, 3.63) is 145 Å². The third kappa shape index (κ3) is 4.08. The van der Waals surface area contributed by atoms with E-state index in [9.17, 15) is 4.79 Å². The van der Waals surface area contributed by atoms with Crippen molar-refractivity contribution in [3.8, 4) is 23.0 Å². The molecule has 0 radical (unpaired) electrons. The Balaban J connectivity index is 1.58. The molecule has 0 saturated carbocycles. The minimum absolute atomic E-state index is 0.152. The first-order valence-corrected chi connectivity index (χ1v) is 11.8. The minimum Gasteiger partial charge on any atom is -0.457 e. The number of carbonyl (C=O) groups excluding carboxylic acids is 1. The minimum atomic E-state index is -0.152. The van der Waals surface area contributed by atoms with Crippen LogP contribution in [0.3, 0.4) is 0 Å². The third-order valence-corrected chi connectivity index (χ3v) is 6.18. The highest BCUT2D eigenvalue weighted by molar-refractivity contribution is 6.24. The van der Waals surface area contributed by atoms with Crippen LogP contribution in [0, 0.1) is 0 Å². The zero-order valence-electron chi connectivity index (χ0n) is 19.4. The number of fused-ring (bicyclic) bond motifs is 2. The zero-order chi connectivity index (χ0) is 24.3. The smallest absolute Gasteiger partial charge is 0.201 e. The number of benzene rings is 6. The number of hydrogen-bond acceptors (Lipinski definition) is 3. The summed E-state index contributed by atoms with van der Waals surface area (Å²) in [4.78, 5) is 14.5. The van der Waals surface area contributed by atoms with Crippen LogP contribution in [-0.4, -0.2) is 5.78 Å². The number of hydrogen-bond donors (Lipinski definition) is 0. The van der Waals surface area contributed by atoms with Crippen LogP contribution in [0.4, 0.5) is 0 Å². The van der Waals surface area contributed by atoms with Gasteiger partial charge in [-0.15, -0.1) is 0 Å². The maximum Gasteiger partial charge on any atom is 0.201 e. The van der Waals surface area contributed by atoms with Gasteiger partial charge in [-0.05, 0) is 57.9 Å². The van der Waals surface area contributed by atoms with Crippen LogP contribution >= 0.6 is 0 Å². The van der Waals surface area contributed by atoms with Crippen molar-refractivity contribution in [2.24, 2.45) is 0 Å². The van der Waals surface area contributed by atoms with Crippen molar-refractivity contribution in [2.45, 2.75) is 0 Å². The van der Waals surface area contributed by atoms with E-state index in [1.54, 1.807) is 0 Å². The molecule has 0 fully saturated rings. The molecule has 3 heteroatoms. The van der Waals surface area contributed by atoms with Gasteiger partial charge in [-0.1, -0.05) is 97.1 Å². The molecule has 172 valence electrons. The van der Waals surface area contributed by atoms with E-state index in [0.717, 1.165) is 21.5 Å². The van der Waals surface area contributed by atoms with Crippen molar-refractivity contribution < 1.29 is 14.3 Å². The molecule has 0 unspecified atom stereocenters. The summed E-state index contributed by atoms with van der Waals surface area (Å²) in [7, 11) is 0. The van der Waals surface area contributed by atoms with Gasteiger partial charge in [0.2, 0.25) is 5.78 Å². The molecule has 0 aliphatic rings. The lowest BCUT2D eigenvalue weighted by Gasteiger charge is -2.17. The number of carbonyl (C=O) groups is 1. The molecule has 6 rings (SSSR count). The molecular formula is C33H22O3. The Morgan fingerprint density at radius 2 is 0.806 bits per heavy atom. The normalized spacial score (nSPS) is 10.9. The highest BCUT2D eigenvalue weighted by atomic mass is 16.5. The summed E-state index contributed by atoms with van der Waals surface area (Å²) in [5.74, 6) is 2.19. The number of para-hydroxylation sites is 2. The third-order valence-electron chi connectivity index (χ3n) is 6.18. The fourth-order valence-electron chi connectivity index (χ4n) is 4.50. The maximum absolute atomic E-state index is 14.5. The summed E-state index contributed by atoms with van der Waals surface area (Å²) in [6.07, 6.45) is 0. The van der Waals surface area contributed by atoms with Crippen molar-refractivity contribution in [3.63, 3.8) is 0 Å². The molecule has 0 saturated heterocycles. The van der Waals surface area contributed by atoms with Gasteiger partial charge in [-0.3, -0.25) is 4.79 Å². The van der Waals surface area contributed by atoms with Gasteiger partial charge in [0.1, 0.15) is 23.0 Å². The van der Waals surface area contributed by atoms with Crippen LogP contribution < -0.4 is 9.47 Å². The Morgan fingerprint density at radius 1 is 0.417 bits per heavy atom. The van der Waals surface area contributed by atoms with Crippen molar-refractivity contribution >= 4 is 27.3 Å². The number of ketones is 1. The zero-order valence-corrected chi connectivity index (χ0v) is 19.4. The van der Waals surface area contributed by atoms with Crippen LogP contribution in [0.25, 0.3) is 21.5 Å². The van der Waals surface area contributed by atoms with Crippen LogP contribution in [-0.2, 0) is 0 Å². The lowest BCUT2D eigenvalue weighted by molar-refractivity contribution is 0.103. The van der Waals surface area contributed by atoms with Crippen LogP contribution in [0.15, 0.2) is 133 Å². The molecule has 0 aliphatic carbocycles. The highest BCUT2D eigenvalue weighted by Gasteiger charge is 2.24. The van der Waals surface area contributed by atoms with E-state index in [0.29, 0.717) is 34.1 Å². The summed E-state index contributed by atoms with van der Waals surface area (Å²) in [5, 5.41) is 3.59. The van der Waals surface area contributed by atoms with Crippen LogP contribution in [0.1, 0.15) is 15.9 Å². The first-order chi connectivity index (χ1) is 17.8. The molecule has 0 aromatic heterocycles. The standard InChI is InChI=1S/C33H22O3/c34-33(31-27-17-9-7-11-23(27)19-21-29(31)35-25-13-3-1-4-14-25)32-28-18-10-8-12-24(28)20-22-30(32)36-26-15-5-2-6-16-26/h1-22H. The second kappa shape index (κ2) is 9.40. The largest absolute Gasteiger partial charge is 0.457 e. The monoisotopic (exact) mass is 466 g/mol. The van der Waals surface area contributed by atoms with Gasteiger partial charge in [0.25, 0.3) is 0 Å². The van der Waals surface area contributed by atoms with Gasteiger partial charge in [0, 0.05) is 0 Å². The van der Waals surface area contributed by atoms with E-state index in [-0.39, 0.29) is 5.78 Å². The van der Waals surface area contributed by atoms with E-state index in [2.05, 4.69) is 0 Å². The van der Waals surface area contributed by atoms with Crippen LogP contribution in [0.5, 0.6) is 23.0 Å². The molecule has 6 aromatic rings. The fourth-order valence-corrected chi connectivity index (χ4v) is 4.50. The average Bonchev–Trinajstić information content (AvgIpc) is 2.93. The summed E-state index contributed by atoms with van der Waals surface area (Å²) >= 11 is 0. The molecule has 36 heavy (non-hydrogen) atoms. The quantitative estimate of drug-likeness (QED) is 0.230. The Morgan fingerprint density at radius 3 is 1.25 bits per heavy atom. The topological polar surface area (TPSA) is 35.5 Å². The molecule has 0 aliphatic heterocycles.